The number of pyridine rings is 1. The third kappa shape index (κ3) is 3.39. The van der Waals surface area contributed by atoms with Gasteiger partial charge in [0.1, 0.15) is 0 Å². The molecule has 3 heteroatoms. The van der Waals surface area contributed by atoms with Crippen LogP contribution in [0.4, 0.5) is 5.82 Å². The summed E-state index contributed by atoms with van der Waals surface area (Å²) in [7, 11) is 6.06. The normalized spacial score (nSPS) is 8.23. The third-order valence-corrected chi connectivity index (χ3v) is 1.77. The van der Waals surface area contributed by atoms with E-state index in [0.717, 1.165) is 11.5 Å². The molecule has 1 aromatic rings. The van der Waals surface area contributed by atoms with E-state index < -0.39 is 0 Å². The van der Waals surface area contributed by atoms with Crippen LogP contribution >= 0.6 is 0 Å². The quantitative estimate of drug-likeness (QED) is 0.546. The van der Waals surface area contributed by atoms with Crippen LogP contribution in [-0.2, 0) is 28.1 Å². The van der Waals surface area contributed by atoms with Crippen molar-refractivity contribution in [2.24, 2.45) is 7.05 Å². The summed E-state index contributed by atoms with van der Waals surface area (Å²) < 4.78 is 2.06. The molecule has 72 valence electrons. The van der Waals surface area contributed by atoms with Crippen molar-refractivity contribution < 1.29 is 25.6 Å². The fraction of sp³-hybridized carbons (Fsp3) is 0.300. The summed E-state index contributed by atoms with van der Waals surface area (Å²) in [6, 6.07) is 6.07. The van der Waals surface area contributed by atoms with Crippen LogP contribution in [0.1, 0.15) is 5.69 Å². The first kappa shape index (κ1) is 15.0. The van der Waals surface area contributed by atoms with Crippen molar-refractivity contribution in [1.82, 2.24) is 0 Å². The second-order valence-electron chi connectivity index (χ2n) is 2.83. The van der Waals surface area contributed by atoms with E-state index in [4.69, 9.17) is 0 Å². The molecule has 2 nitrogen and oxygen atoms in total. The zero-order chi connectivity index (χ0) is 8.43. The van der Waals surface area contributed by atoms with Crippen LogP contribution in [0.5, 0.6) is 0 Å². The predicted molar refractivity (Wildman–Crippen MR) is 52.8 cm³/mol. The Bertz CT molecular complexity index is 259. The molecule has 0 saturated heterocycles. The van der Waals surface area contributed by atoms with Crippen LogP contribution in [0.3, 0.4) is 0 Å². The van der Waals surface area contributed by atoms with Crippen molar-refractivity contribution in [3.63, 3.8) is 0 Å². The van der Waals surface area contributed by atoms with Gasteiger partial charge in [-0.15, -0.1) is 6.07 Å². The number of rotatable bonds is 1. The van der Waals surface area contributed by atoms with E-state index in [1.54, 1.807) is 0 Å². The van der Waals surface area contributed by atoms with Gasteiger partial charge in [0.25, 0.3) is 5.82 Å². The van der Waals surface area contributed by atoms with Gasteiger partial charge in [0.05, 0.1) is 21.1 Å². The maximum atomic E-state index is 3.90. The monoisotopic (exact) mass is 349 g/mol. The molecule has 0 N–H and O–H groups in total. The van der Waals surface area contributed by atoms with Gasteiger partial charge in [-0.3, -0.25) is 9.47 Å². The summed E-state index contributed by atoms with van der Waals surface area (Å²) in [5, 5.41) is 0. The topological polar surface area (TPSA) is 7.12 Å². The minimum absolute atomic E-state index is 0. The maximum Gasteiger partial charge on any atom is 2.00 e. The number of aromatic nitrogens is 1. The first-order chi connectivity index (χ1) is 5.13. The van der Waals surface area contributed by atoms with Gasteiger partial charge in [0.2, 0.25) is 0 Å². The molecule has 0 spiro atoms. The number of anilines is 1. The Morgan fingerprint density at radius 3 is 2.23 bits per heavy atom. The summed E-state index contributed by atoms with van der Waals surface area (Å²) >= 11 is 0. The van der Waals surface area contributed by atoms with Crippen molar-refractivity contribution in [2.45, 2.75) is 0 Å². The van der Waals surface area contributed by atoms with Crippen LogP contribution < -0.4 is 9.47 Å². The second kappa shape index (κ2) is 6.04. The van der Waals surface area contributed by atoms with Gasteiger partial charge < -0.3 is 7.43 Å². The van der Waals surface area contributed by atoms with Crippen molar-refractivity contribution >= 4 is 5.82 Å². The van der Waals surface area contributed by atoms with E-state index >= 15 is 0 Å². The van der Waals surface area contributed by atoms with E-state index in [1.165, 1.54) is 0 Å². The fourth-order valence-corrected chi connectivity index (χ4v) is 1.07. The molecule has 0 aliphatic carbocycles. The van der Waals surface area contributed by atoms with Gasteiger partial charge >= 0.3 is 21.1 Å². The largest absolute Gasteiger partial charge is 2.00 e. The van der Waals surface area contributed by atoms with Crippen LogP contribution in [0, 0.1) is 14.4 Å². The Balaban J connectivity index is 0. The Hall–Kier alpha value is -0.492. The minimum Gasteiger partial charge on any atom is -0.358 e. The Kier molecular flexibility index (Phi) is 6.97. The molecule has 0 amide bonds. The molecule has 0 bridgehead atoms. The molecular weight excluding hydrogens is 332 g/mol. The Morgan fingerprint density at radius 1 is 1.31 bits per heavy atom. The smallest absolute Gasteiger partial charge is 0.358 e. The standard InChI is InChI=1S/C9H14N2.CH3.W/c1-8-6-5-7-9(10(2)3)11(8)4;;/h5-7H,1H2,2-4H3;1H3;/q;-1;+2. The predicted octanol–water partition coefficient (Wildman–Crippen LogP) is 1.21. The second-order valence-corrected chi connectivity index (χ2v) is 2.83. The summed E-state index contributed by atoms with van der Waals surface area (Å²) in [5.41, 5.74) is 1.02. The molecular formula is C10H17N2W+. The summed E-state index contributed by atoms with van der Waals surface area (Å²) in [4.78, 5) is 2.06. The average molecular weight is 349 g/mol. The SMILES string of the molecule is [CH2-]c1cccc(N(C)C)[n+]1C.[CH3-].[W+2]. The molecule has 0 fully saturated rings. The molecule has 0 aliphatic heterocycles. The van der Waals surface area contributed by atoms with E-state index in [9.17, 15) is 0 Å². The molecule has 0 aromatic carbocycles. The van der Waals surface area contributed by atoms with Crippen LogP contribution in [0.15, 0.2) is 18.2 Å². The van der Waals surface area contributed by atoms with E-state index in [0.29, 0.717) is 0 Å². The molecule has 0 saturated carbocycles. The zero-order valence-corrected chi connectivity index (χ0v) is 11.7. The summed E-state index contributed by atoms with van der Waals surface area (Å²) in [6.45, 7) is 3.90. The van der Waals surface area contributed by atoms with Crippen molar-refractivity contribution in [2.75, 3.05) is 19.0 Å². The first-order valence-electron chi connectivity index (χ1n) is 3.61. The zero-order valence-electron chi connectivity index (χ0n) is 8.74. The Labute approximate surface area is 95.8 Å². The van der Waals surface area contributed by atoms with Crippen molar-refractivity contribution in [3.05, 3.63) is 38.2 Å². The summed E-state index contributed by atoms with van der Waals surface area (Å²) in [5.74, 6) is 1.16. The van der Waals surface area contributed by atoms with Gasteiger partial charge in [-0.25, -0.2) is 0 Å². The number of nitrogens with zero attached hydrogens (tertiary/aromatic N) is 2. The van der Waals surface area contributed by atoms with Crippen LogP contribution in [-0.4, -0.2) is 14.1 Å². The molecule has 1 rings (SSSR count). The third-order valence-electron chi connectivity index (χ3n) is 1.77. The van der Waals surface area contributed by atoms with Gasteiger partial charge in [-0.1, -0.05) is 0 Å². The van der Waals surface area contributed by atoms with Gasteiger partial charge in [-0.2, -0.15) is 13.0 Å². The van der Waals surface area contributed by atoms with E-state index in [2.05, 4.69) is 22.5 Å². The molecule has 0 unspecified atom stereocenters. The first-order valence-corrected chi connectivity index (χ1v) is 3.61. The molecule has 0 aliphatic rings. The van der Waals surface area contributed by atoms with E-state index in [1.807, 2.05) is 33.3 Å². The summed E-state index contributed by atoms with van der Waals surface area (Å²) in [6.07, 6.45) is 0. The van der Waals surface area contributed by atoms with Crippen molar-refractivity contribution in [3.8, 4) is 0 Å². The molecule has 0 radical (unpaired) electrons. The minimum atomic E-state index is 0. The molecule has 13 heavy (non-hydrogen) atoms. The average Bonchev–Trinajstić information content (AvgIpc) is 1.94. The molecule has 0 atom stereocenters. The van der Waals surface area contributed by atoms with Gasteiger partial charge in [-0.05, 0) is 5.69 Å². The maximum absolute atomic E-state index is 3.90. The fourth-order valence-electron chi connectivity index (χ4n) is 1.07. The van der Waals surface area contributed by atoms with Crippen LogP contribution in [0.25, 0.3) is 0 Å². The Morgan fingerprint density at radius 2 is 1.85 bits per heavy atom. The van der Waals surface area contributed by atoms with Crippen LogP contribution in [0.2, 0.25) is 0 Å². The number of hydrogen-bond acceptors (Lipinski definition) is 1. The van der Waals surface area contributed by atoms with Gasteiger partial charge in [0, 0.05) is 6.07 Å². The molecule has 1 aromatic heterocycles. The number of hydrogen-bond donors (Lipinski definition) is 0. The van der Waals surface area contributed by atoms with E-state index in [-0.39, 0.29) is 28.5 Å². The van der Waals surface area contributed by atoms with Gasteiger partial charge in [0.15, 0.2) is 0 Å². The van der Waals surface area contributed by atoms with Crippen molar-refractivity contribution in [1.29, 1.82) is 0 Å². The molecule has 1 heterocycles.